The molecule has 1 aliphatic rings. The molecule has 0 radical (unpaired) electrons. The second-order valence-electron chi connectivity index (χ2n) is 6.61. The Morgan fingerprint density at radius 3 is 2.96 bits per heavy atom. The first kappa shape index (κ1) is 16.8. The summed E-state index contributed by atoms with van der Waals surface area (Å²) in [5.74, 6) is 0.209. The van der Waals surface area contributed by atoms with Gasteiger partial charge in [0.15, 0.2) is 0 Å². The number of amides is 1. The highest BCUT2D eigenvalue weighted by Gasteiger charge is 2.24. The lowest BCUT2D eigenvalue weighted by atomic mass is 10.1. The smallest absolute Gasteiger partial charge is 0.263 e. The number of aromatic nitrogens is 3. The van der Waals surface area contributed by atoms with Crippen LogP contribution in [-0.2, 0) is 0 Å². The SMILES string of the molecule is C[C@H]1CNc2c(sc3ccc4nc(Nc5cc(F)ncn5)ccc4c23)C(=O)N1. The van der Waals surface area contributed by atoms with Gasteiger partial charge in [0.2, 0.25) is 5.95 Å². The van der Waals surface area contributed by atoms with Gasteiger partial charge in [-0.2, -0.15) is 4.39 Å². The maximum atomic E-state index is 13.3. The Morgan fingerprint density at radius 1 is 1.21 bits per heavy atom. The van der Waals surface area contributed by atoms with Crippen LogP contribution in [0.25, 0.3) is 21.0 Å². The topological polar surface area (TPSA) is 91.8 Å². The summed E-state index contributed by atoms with van der Waals surface area (Å²) >= 11 is 1.47. The summed E-state index contributed by atoms with van der Waals surface area (Å²) in [7, 11) is 0. The lowest BCUT2D eigenvalue weighted by molar-refractivity contribution is 0.0949. The number of hydrogen-bond donors (Lipinski definition) is 3. The Morgan fingerprint density at radius 2 is 2.11 bits per heavy atom. The Balaban J connectivity index is 1.62. The second-order valence-corrected chi connectivity index (χ2v) is 7.67. The molecule has 3 aromatic heterocycles. The third-order valence-electron chi connectivity index (χ3n) is 4.58. The predicted octanol–water partition coefficient (Wildman–Crippen LogP) is 3.67. The minimum absolute atomic E-state index is 0.0549. The molecule has 4 aromatic rings. The summed E-state index contributed by atoms with van der Waals surface area (Å²) in [5.41, 5.74) is 1.62. The molecule has 0 saturated carbocycles. The minimum atomic E-state index is -0.612. The first-order valence-electron chi connectivity index (χ1n) is 8.74. The summed E-state index contributed by atoms with van der Waals surface area (Å²) in [4.78, 5) is 25.2. The Kier molecular flexibility index (Phi) is 3.83. The molecule has 140 valence electrons. The Bertz CT molecular complexity index is 1240. The van der Waals surface area contributed by atoms with E-state index in [0.29, 0.717) is 23.1 Å². The zero-order chi connectivity index (χ0) is 19.3. The van der Waals surface area contributed by atoms with E-state index in [-0.39, 0.29) is 11.9 Å². The number of nitrogens with one attached hydrogen (secondary N) is 3. The van der Waals surface area contributed by atoms with E-state index >= 15 is 0 Å². The van der Waals surface area contributed by atoms with Crippen LogP contribution in [0.4, 0.5) is 21.7 Å². The van der Waals surface area contributed by atoms with E-state index in [1.807, 2.05) is 31.2 Å². The Labute approximate surface area is 163 Å². The van der Waals surface area contributed by atoms with Crippen LogP contribution in [0.5, 0.6) is 0 Å². The summed E-state index contributed by atoms with van der Waals surface area (Å²) in [6.07, 6.45) is 1.15. The third-order valence-corrected chi connectivity index (χ3v) is 5.73. The predicted molar refractivity (Wildman–Crippen MR) is 108 cm³/mol. The molecule has 5 rings (SSSR count). The molecule has 1 aromatic carbocycles. The van der Waals surface area contributed by atoms with Crippen molar-refractivity contribution in [3.05, 3.63) is 47.5 Å². The molecule has 1 aliphatic heterocycles. The lowest BCUT2D eigenvalue weighted by Crippen LogP contribution is -2.34. The van der Waals surface area contributed by atoms with Crippen molar-refractivity contribution >= 4 is 55.6 Å². The van der Waals surface area contributed by atoms with E-state index < -0.39 is 5.95 Å². The summed E-state index contributed by atoms with van der Waals surface area (Å²) in [5, 5.41) is 11.3. The standard InChI is InChI=1S/C19H15FN6OS/c1-9-7-21-17-16-10-2-5-14(26-15-6-13(20)22-8-23-15)25-11(10)3-4-12(16)28-18(17)19(27)24-9/h2-6,8-9,21H,7H2,1H3,(H,24,27)(H,22,23,25,26)/t9-/m0/s1. The molecule has 3 N–H and O–H groups in total. The molecule has 0 bridgehead atoms. The van der Waals surface area contributed by atoms with Gasteiger partial charge in [-0.1, -0.05) is 0 Å². The van der Waals surface area contributed by atoms with Crippen molar-refractivity contribution in [1.82, 2.24) is 20.3 Å². The van der Waals surface area contributed by atoms with E-state index in [2.05, 4.69) is 30.9 Å². The molecular weight excluding hydrogens is 379 g/mol. The number of halogens is 1. The first-order valence-corrected chi connectivity index (χ1v) is 9.56. The van der Waals surface area contributed by atoms with Gasteiger partial charge in [0, 0.05) is 34.1 Å². The van der Waals surface area contributed by atoms with Crippen LogP contribution in [0.1, 0.15) is 16.6 Å². The lowest BCUT2D eigenvalue weighted by Gasteiger charge is -2.10. The average Bonchev–Trinajstić information content (AvgIpc) is 2.99. The van der Waals surface area contributed by atoms with Crippen LogP contribution in [0.15, 0.2) is 36.7 Å². The monoisotopic (exact) mass is 394 g/mol. The molecule has 1 amide bonds. The number of anilines is 3. The molecule has 9 heteroatoms. The van der Waals surface area contributed by atoms with Crippen molar-refractivity contribution in [2.24, 2.45) is 0 Å². The van der Waals surface area contributed by atoms with Crippen molar-refractivity contribution in [1.29, 1.82) is 0 Å². The summed E-state index contributed by atoms with van der Waals surface area (Å²) < 4.78 is 14.3. The van der Waals surface area contributed by atoms with E-state index in [1.54, 1.807) is 0 Å². The highest BCUT2D eigenvalue weighted by atomic mass is 32.1. The second kappa shape index (κ2) is 6.38. The molecular formula is C19H15FN6OS. The van der Waals surface area contributed by atoms with Crippen molar-refractivity contribution in [3.8, 4) is 0 Å². The fourth-order valence-corrected chi connectivity index (χ4v) is 4.43. The maximum absolute atomic E-state index is 13.3. The molecule has 28 heavy (non-hydrogen) atoms. The van der Waals surface area contributed by atoms with Crippen LogP contribution < -0.4 is 16.0 Å². The summed E-state index contributed by atoms with van der Waals surface area (Å²) in [6.45, 7) is 2.63. The van der Waals surface area contributed by atoms with Crippen molar-refractivity contribution in [3.63, 3.8) is 0 Å². The highest BCUT2D eigenvalue weighted by Crippen LogP contribution is 2.41. The number of carbonyl (C=O) groups excluding carboxylic acids is 1. The molecule has 0 saturated heterocycles. The van der Waals surface area contributed by atoms with Gasteiger partial charge in [-0.05, 0) is 31.2 Å². The van der Waals surface area contributed by atoms with Gasteiger partial charge in [-0.25, -0.2) is 15.0 Å². The van der Waals surface area contributed by atoms with Gasteiger partial charge in [-0.15, -0.1) is 11.3 Å². The molecule has 4 heterocycles. The zero-order valence-electron chi connectivity index (χ0n) is 14.8. The van der Waals surface area contributed by atoms with Crippen LogP contribution in [-0.4, -0.2) is 33.4 Å². The number of pyridine rings is 1. The zero-order valence-corrected chi connectivity index (χ0v) is 15.6. The molecule has 7 nitrogen and oxygen atoms in total. The Hall–Kier alpha value is -3.33. The van der Waals surface area contributed by atoms with Crippen molar-refractivity contribution < 1.29 is 9.18 Å². The van der Waals surface area contributed by atoms with E-state index in [1.165, 1.54) is 17.4 Å². The molecule has 0 fully saturated rings. The van der Waals surface area contributed by atoms with Crippen LogP contribution in [0.3, 0.4) is 0 Å². The number of fused-ring (bicyclic) bond motifs is 5. The van der Waals surface area contributed by atoms with Crippen molar-refractivity contribution in [2.45, 2.75) is 13.0 Å². The average molecular weight is 394 g/mol. The third kappa shape index (κ3) is 2.80. The quantitative estimate of drug-likeness (QED) is 0.450. The number of benzene rings is 1. The number of rotatable bonds is 2. The van der Waals surface area contributed by atoms with E-state index in [4.69, 9.17) is 0 Å². The van der Waals surface area contributed by atoms with Crippen molar-refractivity contribution in [2.75, 3.05) is 17.2 Å². The first-order chi connectivity index (χ1) is 13.6. The van der Waals surface area contributed by atoms with Crippen LogP contribution in [0.2, 0.25) is 0 Å². The molecule has 0 unspecified atom stereocenters. The van der Waals surface area contributed by atoms with Gasteiger partial charge in [-0.3, -0.25) is 4.79 Å². The fraction of sp³-hybridized carbons (Fsp3) is 0.158. The molecule has 0 spiro atoms. The van der Waals surface area contributed by atoms with Crippen LogP contribution >= 0.6 is 11.3 Å². The van der Waals surface area contributed by atoms with Gasteiger partial charge in [0.05, 0.1) is 11.2 Å². The molecule has 1 atom stereocenters. The summed E-state index contributed by atoms with van der Waals surface area (Å²) in [6, 6.07) is 8.91. The maximum Gasteiger partial charge on any atom is 0.263 e. The fourth-order valence-electron chi connectivity index (χ4n) is 3.33. The normalized spacial score (nSPS) is 16.4. The number of thiophene rings is 1. The van der Waals surface area contributed by atoms with Crippen LogP contribution in [0, 0.1) is 5.95 Å². The van der Waals surface area contributed by atoms with Gasteiger partial charge >= 0.3 is 0 Å². The van der Waals surface area contributed by atoms with Gasteiger partial charge < -0.3 is 16.0 Å². The largest absolute Gasteiger partial charge is 0.381 e. The van der Waals surface area contributed by atoms with E-state index in [0.717, 1.165) is 33.0 Å². The van der Waals surface area contributed by atoms with Gasteiger partial charge in [0.25, 0.3) is 5.91 Å². The number of carbonyl (C=O) groups is 1. The van der Waals surface area contributed by atoms with E-state index in [9.17, 15) is 9.18 Å². The number of nitrogens with zero attached hydrogens (tertiary/aromatic N) is 3. The van der Waals surface area contributed by atoms with Gasteiger partial charge in [0.1, 0.15) is 22.8 Å². The highest BCUT2D eigenvalue weighted by molar-refractivity contribution is 7.21. The number of hydrogen-bond acceptors (Lipinski definition) is 7. The molecule has 0 aliphatic carbocycles. The minimum Gasteiger partial charge on any atom is -0.381 e.